The standard InChI is InChI=1S/C21H22O/c1-3-16(2)13-18-15-20(22-19-10-5-4-6-11-19)14-17-9-7-8-12-21(17)18/h4-12,14-16H,3,13H2,1-2H3. The van der Waals surface area contributed by atoms with Crippen LogP contribution < -0.4 is 4.74 Å². The first-order chi connectivity index (χ1) is 10.8. The topological polar surface area (TPSA) is 9.23 Å². The van der Waals surface area contributed by atoms with E-state index in [1.54, 1.807) is 0 Å². The van der Waals surface area contributed by atoms with Crippen LogP contribution in [0.2, 0.25) is 0 Å². The highest BCUT2D eigenvalue weighted by Crippen LogP contribution is 2.30. The minimum absolute atomic E-state index is 0.676. The number of fused-ring (bicyclic) bond motifs is 1. The predicted molar refractivity (Wildman–Crippen MR) is 93.6 cm³/mol. The largest absolute Gasteiger partial charge is 0.457 e. The first-order valence-corrected chi connectivity index (χ1v) is 8.01. The molecule has 0 saturated heterocycles. The van der Waals surface area contributed by atoms with Crippen molar-refractivity contribution in [2.45, 2.75) is 26.7 Å². The monoisotopic (exact) mass is 290 g/mol. The van der Waals surface area contributed by atoms with Gasteiger partial charge in [0.25, 0.3) is 0 Å². The van der Waals surface area contributed by atoms with Crippen molar-refractivity contribution in [1.82, 2.24) is 0 Å². The number of para-hydroxylation sites is 1. The molecule has 0 spiro atoms. The summed E-state index contributed by atoms with van der Waals surface area (Å²) in [6, 6.07) is 22.9. The van der Waals surface area contributed by atoms with Crippen LogP contribution in [0.15, 0.2) is 66.7 Å². The van der Waals surface area contributed by atoms with E-state index in [1.807, 2.05) is 30.3 Å². The zero-order valence-electron chi connectivity index (χ0n) is 13.3. The van der Waals surface area contributed by atoms with Gasteiger partial charge in [0.2, 0.25) is 0 Å². The molecule has 22 heavy (non-hydrogen) atoms. The summed E-state index contributed by atoms with van der Waals surface area (Å²) >= 11 is 0. The van der Waals surface area contributed by atoms with Crippen molar-refractivity contribution in [1.29, 1.82) is 0 Å². The van der Waals surface area contributed by atoms with E-state index >= 15 is 0 Å². The fourth-order valence-corrected chi connectivity index (χ4v) is 2.73. The molecular formula is C21H22O. The minimum atomic E-state index is 0.676. The number of hydrogen-bond acceptors (Lipinski definition) is 1. The van der Waals surface area contributed by atoms with Crippen molar-refractivity contribution in [3.63, 3.8) is 0 Å². The Labute approximate surface area is 132 Å². The number of ether oxygens (including phenoxy) is 1. The van der Waals surface area contributed by atoms with Crippen LogP contribution in [0.25, 0.3) is 10.8 Å². The Morgan fingerprint density at radius 3 is 2.36 bits per heavy atom. The lowest BCUT2D eigenvalue weighted by Crippen LogP contribution is -1.99. The van der Waals surface area contributed by atoms with Crippen LogP contribution in [0.4, 0.5) is 0 Å². The highest BCUT2D eigenvalue weighted by atomic mass is 16.5. The van der Waals surface area contributed by atoms with Gasteiger partial charge in [-0.3, -0.25) is 0 Å². The van der Waals surface area contributed by atoms with Gasteiger partial charge in [-0.15, -0.1) is 0 Å². The van der Waals surface area contributed by atoms with Crippen LogP contribution in [0.5, 0.6) is 11.5 Å². The molecule has 0 amide bonds. The predicted octanol–water partition coefficient (Wildman–Crippen LogP) is 6.22. The maximum Gasteiger partial charge on any atom is 0.128 e. The Morgan fingerprint density at radius 2 is 1.59 bits per heavy atom. The molecule has 0 aliphatic carbocycles. The number of benzene rings is 3. The quantitative estimate of drug-likeness (QED) is 0.542. The number of rotatable bonds is 5. The van der Waals surface area contributed by atoms with E-state index in [4.69, 9.17) is 4.74 Å². The molecule has 1 atom stereocenters. The van der Waals surface area contributed by atoms with Gasteiger partial charge in [-0.25, -0.2) is 0 Å². The highest BCUT2D eigenvalue weighted by Gasteiger charge is 2.09. The average molecular weight is 290 g/mol. The Kier molecular flexibility index (Phi) is 4.43. The second-order valence-electron chi connectivity index (χ2n) is 5.94. The molecule has 0 bridgehead atoms. The molecule has 1 nitrogen and oxygen atoms in total. The van der Waals surface area contributed by atoms with Gasteiger partial charge in [0, 0.05) is 0 Å². The SMILES string of the molecule is CCC(C)Cc1cc(Oc2ccccc2)cc2ccccc12. The van der Waals surface area contributed by atoms with Crippen LogP contribution >= 0.6 is 0 Å². The molecule has 3 aromatic carbocycles. The summed E-state index contributed by atoms with van der Waals surface area (Å²) in [5.74, 6) is 2.48. The minimum Gasteiger partial charge on any atom is -0.457 e. The van der Waals surface area contributed by atoms with Crippen LogP contribution in [0, 0.1) is 5.92 Å². The van der Waals surface area contributed by atoms with Crippen LogP contribution in [-0.2, 0) is 6.42 Å². The molecule has 3 aromatic rings. The van der Waals surface area contributed by atoms with Crippen molar-refractivity contribution >= 4 is 10.8 Å². The Hall–Kier alpha value is -2.28. The molecule has 3 rings (SSSR count). The fourth-order valence-electron chi connectivity index (χ4n) is 2.73. The van der Waals surface area contributed by atoms with Gasteiger partial charge in [0.05, 0.1) is 0 Å². The smallest absolute Gasteiger partial charge is 0.128 e. The molecule has 0 aliphatic rings. The third kappa shape index (κ3) is 3.30. The molecule has 0 fully saturated rings. The van der Waals surface area contributed by atoms with E-state index in [-0.39, 0.29) is 0 Å². The third-order valence-corrected chi connectivity index (χ3v) is 4.17. The van der Waals surface area contributed by atoms with E-state index in [0.717, 1.165) is 17.9 Å². The summed E-state index contributed by atoms with van der Waals surface area (Å²) in [6.07, 6.45) is 2.28. The molecular weight excluding hydrogens is 268 g/mol. The molecule has 1 heteroatoms. The maximum absolute atomic E-state index is 6.04. The summed E-state index contributed by atoms with van der Waals surface area (Å²) in [5, 5.41) is 2.58. The molecule has 0 aliphatic heterocycles. The summed E-state index contributed by atoms with van der Waals surface area (Å²) < 4.78 is 6.04. The molecule has 0 radical (unpaired) electrons. The first-order valence-electron chi connectivity index (χ1n) is 8.01. The second-order valence-corrected chi connectivity index (χ2v) is 5.94. The van der Waals surface area contributed by atoms with E-state index in [0.29, 0.717) is 5.92 Å². The van der Waals surface area contributed by atoms with E-state index in [9.17, 15) is 0 Å². The Morgan fingerprint density at radius 1 is 0.864 bits per heavy atom. The van der Waals surface area contributed by atoms with Gasteiger partial charge >= 0.3 is 0 Å². The third-order valence-electron chi connectivity index (χ3n) is 4.17. The van der Waals surface area contributed by atoms with E-state index in [1.165, 1.54) is 22.8 Å². The fraction of sp³-hybridized carbons (Fsp3) is 0.238. The number of hydrogen-bond donors (Lipinski definition) is 0. The van der Waals surface area contributed by atoms with Gasteiger partial charge in [-0.1, -0.05) is 62.7 Å². The maximum atomic E-state index is 6.04. The molecule has 0 aromatic heterocycles. The Bertz CT molecular complexity index is 746. The normalized spacial score (nSPS) is 12.3. The van der Waals surface area contributed by atoms with E-state index < -0.39 is 0 Å². The first kappa shape index (κ1) is 14.6. The summed E-state index contributed by atoms with van der Waals surface area (Å²) in [6.45, 7) is 4.55. The lowest BCUT2D eigenvalue weighted by molar-refractivity contribution is 0.481. The summed E-state index contributed by atoms with van der Waals surface area (Å²) in [5.41, 5.74) is 1.37. The second kappa shape index (κ2) is 6.65. The summed E-state index contributed by atoms with van der Waals surface area (Å²) in [4.78, 5) is 0. The van der Waals surface area contributed by atoms with Crippen molar-refractivity contribution in [3.05, 3.63) is 72.3 Å². The lowest BCUT2D eigenvalue weighted by Gasteiger charge is -2.14. The van der Waals surface area contributed by atoms with E-state index in [2.05, 4.69) is 50.2 Å². The van der Waals surface area contributed by atoms with Crippen LogP contribution in [0.1, 0.15) is 25.8 Å². The van der Waals surface area contributed by atoms with Crippen molar-refractivity contribution in [3.8, 4) is 11.5 Å². The Balaban J connectivity index is 2.00. The average Bonchev–Trinajstić information content (AvgIpc) is 2.55. The zero-order chi connectivity index (χ0) is 15.4. The summed E-state index contributed by atoms with van der Waals surface area (Å²) in [7, 11) is 0. The van der Waals surface area contributed by atoms with Crippen molar-refractivity contribution < 1.29 is 4.74 Å². The van der Waals surface area contributed by atoms with Gasteiger partial charge in [-0.05, 0) is 52.9 Å². The molecule has 1 unspecified atom stereocenters. The van der Waals surface area contributed by atoms with Crippen LogP contribution in [-0.4, -0.2) is 0 Å². The molecule has 0 saturated carbocycles. The van der Waals surface area contributed by atoms with Gasteiger partial charge in [-0.2, -0.15) is 0 Å². The molecule has 0 N–H and O–H groups in total. The van der Waals surface area contributed by atoms with Crippen molar-refractivity contribution in [2.24, 2.45) is 5.92 Å². The van der Waals surface area contributed by atoms with Gasteiger partial charge < -0.3 is 4.74 Å². The highest BCUT2D eigenvalue weighted by molar-refractivity contribution is 5.87. The molecule has 112 valence electrons. The van der Waals surface area contributed by atoms with Gasteiger partial charge in [0.1, 0.15) is 11.5 Å². The van der Waals surface area contributed by atoms with Gasteiger partial charge in [0.15, 0.2) is 0 Å². The molecule has 0 heterocycles. The lowest BCUT2D eigenvalue weighted by atomic mass is 9.94. The van der Waals surface area contributed by atoms with Crippen LogP contribution in [0.3, 0.4) is 0 Å². The zero-order valence-corrected chi connectivity index (χ0v) is 13.3. The van der Waals surface area contributed by atoms with Crippen molar-refractivity contribution in [2.75, 3.05) is 0 Å².